The van der Waals surface area contributed by atoms with Gasteiger partial charge in [0.2, 0.25) is 0 Å². The molecule has 17 heavy (non-hydrogen) atoms. The van der Waals surface area contributed by atoms with Gasteiger partial charge in [-0.05, 0) is 39.5 Å². The van der Waals surface area contributed by atoms with Crippen molar-refractivity contribution in [3.63, 3.8) is 0 Å². The van der Waals surface area contributed by atoms with Crippen molar-refractivity contribution >= 4 is 5.78 Å². The maximum Gasteiger partial charge on any atom is 0.137 e. The summed E-state index contributed by atoms with van der Waals surface area (Å²) in [5.41, 5.74) is 1.13. The maximum atomic E-state index is 11.4. The van der Waals surface area contributed by atoms with E-state index in [9.17, 15) is 4.79 Å². The van der Waals surface area contributed by atoms with Gasteiger partial charge < -0.3 is 4.90 Å². The van der Waals surface area contributed by atoms with Crippen molar-refractivity contribution in [1.82, 2.24) is 4.90 Å². The Labute approximate surface area is 106 Å². The molecule has 0 aliphatic heterocycles. The molecule has 0 bridgehead atoms. The van der Waals surface area contributed by atoms with Crippen molar-refractivity contribution in [2.45, 2.75) is 26.7 Å². The van der Waals surface area contributed by atoms with E-state index in [1.165, 1.54) is 0 Å². The standard InChI is InChI=1S/C12H16O.C3H9N/c1-9(2)12(10(3)13)11-7-5-4-6-8-11;1-4(2)3/h4-9,12H,1-3H3;1-3H3. The second-order valence-electron chi connectivity index (χ2n) is 5.08. The molecule has 0 radical (unpaired) electrons. The molecule has 0 spiro atoms. The summed E-state index contributed by atoms with van der Waals surface area (Å²) in [4.78, 5) is 13.4. The van der Waals surface area contributed by atoms with E-state index in [-0.39, 0.29) is 11.7 Å². The molecule has 1 atom stereocenters. The molecule has 1 aromatic carbocycles. The fraction of sp³-hybridized carbons (Fsp3) is 0.533. The van der Waals surface area contributed by atoms with Gasteiger partial charge in [0.1, 0.15) is 5.78 Å². The van der Waals surface area contributed by atoms with Crippen LogP contribution in [0.4, 0.5) is 0 Å². The molecule has 0 saturated carbocycles. The molecule has 1 rings (SSSR count). The molecule has 1 aromatic rings. The van der Waals surface area contributed by atoms with E-state index < -0.39 is 0 Å². The van der Waals surface area contributed by atoms with Gasteiger partial charge in [0, 0.05) is 5.92 Å². The molecule has 2 nitrogen and oxygen atoms in total. The minimum Gasteiger partial charge on any atom is -0.312 e. The third-order valence-electron chi connectivity index (χ3n) is 2.26. The fourth-order valence-corrected chi connectivity index (χ4v) is 1.75. The molecule has 96 valence electrons. The zero-order chi connectivity index (χ0) is 13.4. The zero-order valence-electron chi connectivity index (χ0n) is 11.9. The van der Waals surface area contributed by atoms with E-state index in [0.29, 0.717) is 5.92 Å². The predicted octanol–water partition coefficient (Wildman–Crippen LogP) is 3.19. The van der Waals surface area contributed by atoms with Crippen molar-refractivity contribution in [2.75, 3.05) is 21.1 Å². The first-order valence-corrected chi connectivity index (χ1v) is 6.02. The number of hydrogen-bond donors (Lipinski definition) is 0. The van der Waals surface area contributed by atoms with Crippen LogP contribution in [0.25, 0.3) is 0 Å². The van der Waals surface area contributed by atoms with E-state index >= 15 is 0 Å². The SMILES string of the molecule is CC(=O)C(c1ccccc1)C(C)C.CN(C)C. The van der Waals surface area contributed by atoms with Crippen LogP contribution in [0.5, 0.6) is 0 Å². The normalized spacial score (nSPS) is 12.0. The van der Waals surface area contributed by atoms with Crippen LogP contribution in [0.1, 0.15) is 32.3 Å². The molecule has 0 amide bonds. The lowest BCUT2D eigenvalue weighted by atomic mass is 9.86. The molecule has 0 heterocycles. The smallest absolute Gasteiger partial charge is 0.137 e. The Morgan fingerprint density at radius 1 is 1.06 bits per heavy atom. The van der Waals surface area contributed by atoms with Gasteiger partial charge in [-0.3, -0.25) is 4.79 Å². The lowest BCUT2D eigenvalue weighted by Crippen LogP contribution is -2.14. The summed E-state index contributed by atoms with van der Waals surface area (Å²) in [7, 11) is 6.00. The highest BCUT2D eigenvalue weighted by Crippen LogP contribution is 2.24. The van der Waals surface area contributed by atoms with E-state index in [0.717, 1.165) is 5.56 Å². The predicted molar refractivity (Wildman–Crippen MR) is 74.3 cm³/mol. The van der Waals surface area contributed by atoms with Gasteiger partial charge in [-0.1, -0.05) is 44.2 Å². The third kappa shape index (κ3) is 6.90. The summed E-state index contributed by atoms with van der Waals surface area (Å²) >= 11 is 0. The van der Waals surface area contributed by atoms with Crippen LogP contribution in [0.2, 0.25) is 0 Å². The molecule has 0 fully saturated rings. The third-order valence-corrected chi connectivity index (χ3v) is 2.26. The van der Waals surface area contributed by atoms with Crippen molar-refractivity contribution in [3.8, 4) is 0 Å². The molecule has 0 aliphatic carbocycles. The lowest BCUT2D eigenvalue weighted by molar-refractivity contribution is -0.119. The first-order chi connectivity index (χ1) is 7.86. The van der Waals surface area contributed by atoms with Gasteiger partial charge in [0.05, 0.1) is 0 Å². The Hall–Kier alpha value is -1.15. The summed E-state index contributed by atoms with van der Waals surface area (Å²) < 4.78 is 0. The molecule has 0 aliphatic rings. The van der Waals surface area contributed by atoms with Crippen LogP contribution >= 0.6 is 0 Å². The number of carbonyl (C=O) groups is 1. The molecule has 0 N–H and O–H groups in total. The summed E-state index contributed by atoms with van der Waals surface area (Å²) in [6.45, 7) is 5.83. The van der Waals surface area contributed by atoms with E-state index in [2.05, 4.69) is 13.8 Å². The summed E-state index contributed by atoms with van der Waals surface area (Å²) in [6, 6.07) is 9.97. The first-order valence-electron chi connectivity index (χ1n) is 6.02. The van der Waals surface area contributed by atoms with Crippen LogP contribution in [-0.2, 0) is 4.79 Å². The highest BCUT2D eigenvalue weighted by atomic mass is 16.1. The van der Waals surface area contributed by atoms with Gasteiger partial charge in [0.15, 0.2) is 0 Å². The van der Waals surface area contributed by atoms with Crippen LogP contribution in [0.3, 0.4) is 0 Å². The van der Waals surface area contributed by atoms with Gasteiger partial charge in [-0.15, -0.1) is 0 Å². The lowest BCUT2D eigenvalue weighted by Gasteiger charge is -2.17. The molecular weight excluding hydrogens is 210 g/mol. The Bertz CT molecular complexity index is 314. The zero-order valence-corrected chi connectivity index (χ0v) is 11.9. The highest BCUT2D eigenvalue weighted by Gasteiger charge is 2.19. The largest absolute Gasteiger partial charge is 0.312 e. The number of Topliss-reactive ketones (excluding diaryl/α,β-unsaturated/α-hetero) is 1. The quantitative estimate of drug-likeness (QED) is 0.802. The number of rotatable bonds is 3. The van der Waals surface area contributed by atoms with E-state index in [1.807, 2.05) is 56.4 Å². The van der Waals surface area contributed by atoms with Crippen molar-refractivity contribution in [3.05, 3.63) is 35.9 Å². The summed E-state index contributed by atoms with van der Waals surface area (Å²) in [5, 5.41) is 0. The van der Waals surface area contributed by atoms with Gasteiger partial charge >= 0.3 is 0 Å². The Balaban J connectivity index is 0.000000557. The topological polar surface area (TPSA) is 20.3 Å². The van der Waals surface area contributed by atoms with Crippen molar-refractivity contribution in [2.24, 2.45) is 5.92 Å². The molecule has 2 heteroatoms. The summed E-state index contributed by atoms with van der Waals surface area (Å²) in [5.74, 6) is 0.683. The van der Waals surface area contributed by atoms with Crippen LogP contribution in [0, 0.1) is 5.92 Å². The van der Waals surface area contributed by atoms with Crippen LogP contribution < -0.4 is 0 Å². The highest BCUT2D eigenvalue weighted by molar-refractivity contribution is 5.83. The number of hydrogen-bond acceptors (Lipinski definition) is 2. The maximum absolute atomic E-state index is 11.4. The first kappa shape index (κ1) is 15.9. The van der Waals surface area contributed by atoms with E-state index in [1.54, 1.807) is 6.92 Å². The number of ketones is 1. The van der Waals surface area contributed by atoms with Gasteiger partial charge in [0.25, 0.3) is 0 Å². The van der Waals surface area contributed by atoms with Crippen LogP contribution in [0.15, 0.2) is 30.3 Å². The Kier molecular flexibility index (Phi) is 7.47. The number of benzene rings is 1. The van der Waals surface area contributed by atoms with Crippen molar-refractivity contribution < 1.29 is 4.79 Å². The van der Waals surface area contributed by atoms with Crippen molar-refractivity contribution in [1.29, 1.82) is 0 Å². The minimum atomic E-state index is 0.0567. The number of nitrogens with zero attached hydrogens (tertiary/aromatic N) is 1. The Morgan fingerprint density at radius 2 is 1.47 bits per heavy atom. The van der Waals surface area contributed by atoms with Gasteiger partial charge in [-0.2, -0.15) is 0 Å². The molecule has 0 saturated heterocycles. The monoisotopic (exact) mass is 235 g/mol. The number of carbonyl (C=O) groups excluding carboxylic acids is 1. The fourth-order valence-electron chi connectivity index (χ4n) is 1.75. The average molecular weight is 235 g/mol. The second-order valence-corrected chi connectivity index (χ2v) is 5.08. The minimum absolute atomic E-state index is 0.0567. The Morgan fingerprint density at radius 3 is 1.76 bits per heavy atom. The van der Waals surface area contributed by atoms with Gasteiger partial charge in [-0.25, -0.2) is 0 Å². The molecule has 0 aromatic heterocycles. The molecule has 1 unspecified atom stereocenters. The summed E-state index contributed by atoms with van der Waals surface area (Å²) in [6.07, 6.45) is 0. The van der Waals surface area contributed by atoms with E-state index in [4.69, 9.17) is 0 Å². The molecular formula is C15H25NO. The average Bonchev–Trinajstić information content (AvgIpc) is 2.17. The second kappa shape index (κ2) is 8.02. The van der Waals surface area contributed by atoms with Crippen LogP contribution in [-0.4, -0.2) is 31.8 Å².